The molecule has 3 aromatic carbocycles. The van der Waals surface area contributed by atoms with Gasteiger partial charge in [0.25, 0.3) is 0 Å². The highest BCUT2D eigenvalue weighted by molar-refractivity contribution is 5.93. The summed E-state index contributed by atoms with van der Waals surface area (Å²) in [6.45, 7) is 2.03. The molecule has 5 aromatic rings. The molecule has 0 aliphatic heterocycles. The lowest BCUT2D eigenvalue weighted by atomic mass is 10.1. The predicted molar refractivity (Wildman–Crippen MR) is 112 cm³/mol. The molecular weight excluding hydrogens is 365 g/mol. The summed E-state index contributed by atoms with van der Waals surface area (Å²) >= 11 is 0. The molecule has 0 bridgehead atoms. The second kappa shape index (κ2) is 6.98. The fraction of sp³-hybridized carbons (Fsp3) is 0.0870. The Labute approximate surface area is 166 Å². The summed E-state index contributed by atoms with van der Waals surface area (Å²) in [6.07, 6.45) is 0. The van der Waals surface area contributed by atoms with Crippen molar-refractivity contribution in [2.24, 2.45) is 0 Å². The highest BCUT2D eigenvalue weighted by Crippen LogP contribution is 2.29. The molecule has 5 nitrogen and oxygen atoms in total. The summed E-state index contributed by atoms with van der Waals surface area (Å²) in [6, 6.07) is 24.3. The number of anilines is 1. The van der Waals surface area contributed by atoms with Crippen molar-refractivity contribution >= 4 is 22.4 Å². The zero-order valence-electron chi connectivity index (χ0n) is 15.7. The maximum atomic E-state index is 13.3. The summed E-state index contributed by atoms with van der Waals surface area (Å²) < 4.78 is 15.0. The molecule has 29 heavy (non-hydrogen) atoms. The highest BCUT2D eigenvalue weighted by Gasteiger charge is 2.17. The molecule has 0 amide bonds. The van der Waals surface area contributed by atoms with E-state index in [-0.39, 0.29) is 11.9 Å². The molecule has 0 aliphatic carbocycles. The van der Waals surface area contributed by atoms with E-state index >= 15 is 0 Å². The van der Waals surface area contributed by atoms with Crippen molar-refractivity contribution in [2.75, 3.05) is 5.32 Å². The number of rotatable bonds is 4. The minimum atomic E-state index is -0.246. The maximum Gasteiger partial charge on any atom is 0.186 e. The number of nitrogens with zero attached hydrogens (tertiary/aromatic N) is 4. The minimum absolute atomic E-state index is 0.0509. The molecular formula is C23H18FN5. The lowest BCUT2D eigenvalue weighted by Crippen LogP contribution is -2.09. The maximum absolute atomic E-state index is 13.3. The van der Waals surface area contributed by atoms with E-state index in [1.54, 1.807) is 16.6 Å². The summed E-state index contributed by atoms with van der Waals surface area (Å²) in [5.41, 5.74) is 4.27. The average Bonchev–Trinajstić information content (AvgIpc) is 3.19. The van der Waals surface area contributed by atoms with Gasteiger partial charge in [0.2, 0.25) is 0 Å². The number of hydrogen-bond donors (Lipinski definition) is 1. The van der Waals surface area contributed by atoms with E-state index < -0.39 is 0 Å². The lowest BCUT2D eigenvalue weighted by molar-refractivity contribution is 0.626. The van der Waals surface area contributed by atoms with Gasteiger partial charge in [0.05, 0.1) is 5.52 Å². The molecule has 0 saturated carbocycles. The third-order valence-electron chi connectivity index (χ3n) is 5.02. The fourth-order valence-electron chi connectivity index (χ4n) is 3.50. The van der Waals surface area contributed by atoms with Crippen LogP contribution in [0.15, 0.2) is 78.9 Å². The van der Waals surface area contributed by atoms with Crippen LogP contribution in [0.2, 0.25) is 0 Å². The molecule has 0 radical (unpaired) electrons. The normalized spacial score (nSPS) is 12.3. The smallest absolute Gasteiger partial charge is 0.186 e. The SMILES string of the molecule is CC(Nc1nc2c(-c3ccccc3)nnn2c2ccccc12)c1ccc(F)cc1. The molecule has 0 aliphatic rings. The Balaban J connectivity index is 1.66. The van der Waals surface area contributed by atoms with Gasteiger partial charge in [-0.15, -0.1) is 5.10 Å². The first-order valence-electron chi connectivity index (χ1n) is 9.42. The standard InChI is InChI=1S/C23H18FN5/c1-15(16-11-13-18(24)14-12-16)25-22-19-9-5-6-10-20(19)29-23(26-22)21(27-28-29)17-7-3-2-4-8-17/h2-15H,1H3,(H,25,26). The van der Waals surface area contributed by atoms with Crippen LogP contribution in [-0.2, 0) is 0 Å². The quantitative estimate of drug-likeness (QED) is 0.460. The van der Waals surface area contributed by atoms with E-state index in [1.807, 2.05) is 61.5 Å². The van der Waals surface area contributed by atoms with Crippen LogP contribution >= 0.6 is 0 Å². The average molecular weight is 383 g/mol. The van der Waals surface area contributed by atoms with Crippen molar-refractivity contribution in [3.05, 3.63) is 90.2 Å². The fourth-order valence-corrected chi connectivity index (χ4v) is 3.50. The molecule has 2 heterocycles. The first kappa shape index (κ1) is 17.3. The van der Waals surface area contributed by atoms with Crippen molar-refractivity contribution in [1.82, 2.24) is 19.8 Å². The van der Waals surface area contributed by atoms with Crippen molar-refractivity contribution < 1.29 is 4.39 Å². The number of halogens is 1. The molecule has 142 valence electrons. The van der Waals surface area contributed by atoms with E-state index in [2.05, 4.69) is 15.6 Å². The number of fused-ring (bicyclic) bond motifs is 3. The molecule has 0 spiro atoms. The molecule has 1 N–H and O–H groups in total. The Kier molecular flexibility index (Phi) is 4.17. The zero-order valence-corrected chi connectivity index (χ0v) is 15.7. The minimum Gasteiger partial charge on any atom is -0.363 e. The van der Waals surface area contributed by atoms with Crippen LogP contribution in [0.25, 0.3) is 27.8 Å². The Morgan fingerprint density at radius 3 is 2.41 bits per heavy atom. The molecule has 0 saturated heterocycles. The zero-order chi connectivity index (χ0) is 19.8. The summed E-state index contributed by atoms with van der Waals surface area (Å²) in [5, 5.41) is 13.2. The predicted octanol–water partition coefficient (Wildman–Crippen LogP) is 5.26. The molecule has 0 fully saturated rings. The molecule has 6 heteroatoms. The van der Waals surface area contributed by atoms with Crippen LogP contribution in [-0.4, -0.2) is 19.8 Å². The van der Waals surface area contributed by atoms with Gasteiger partial charge in [-0.3, -0.25) is 0 Å². The van der Waals surface area contributed by atoms with Gasteiger partial charge in [0.15, 0.2) is 5.65 Å². The van der Waals surface area contributed by atoms with E-state index in [0.717, 1.165) is 33.5 Å². The summed E-state index contributed by atoms with van der Waals surface area (Å²) in [7, 11) is 0. The summed E-state index contributed by atoms with van der Waals surface area (Å²) in [5.74, 6) is 0.494. The van der Waals surface area contributed by atoms with Gasteiger partial charge in [0.1, 0.15) is 17.3 Å². The Morgan fingerprint density at radius 2 is 1.62 bits per heavy atom. The van der Waals surface area contributed by atoms with Crippen LogP contribution in [0.4, 0.5) is 10.2 Å². The highest BCUT2D eigenvalue weighted by atomic mass is 19.1. The topological polar surface area (TPSA) is 55.1 Å². The third-order valence-corrected chi connectivity index (χ3v) is 5.02. The number of nitrogens with one attached hydrogen (secondary N) is 1. The van der Waals surface area contributed by atoms with Crippen LogP contribution in [0.1, 0.15) is 18.5 Å². The first-order valence-corrected chi connectivity index (χ1v) is 9.42. The second-order valence-corrected chi connectivity index (χ2v) is 6.93. The van der Waals surface area contributed by atoms with Gasteiger partial charge >= 0.3 is 0 Å². The van der Waals surface area contributed by atoms with Crippen LogP contribution < -0.4 is 5.32 Å². The lowest BCUT2D eigenvalue weighted by Gasteiger charge is -2.17. The Bertz CT molecular complexity index is 1300. The van der Waals surface area contributed by atoms with Gasteiger partial charge in [-0.05, 0) is 36.8 Å². The van der Waals surface area contributed by atoms with Crippen molar-refractivity contribution in [2.45, 2.75) is 13.0 Å². The van der Waals surface area contributed by atoms with E-state index in [0.29, 0.717) is 5.65 Å². The number of benzene rings is 3. The van der Waals surface area contributed by atoms with E-state index in [1.165, 1.54) is 12.1 Å². The summed E-state index contributed by atoms with van der Waals surface area (Å²) in [4.78, 5) is 4.88. The Hall–Kier alpha value is -3.80. The largest absolute Gasteiger partial charge is 0.363 e. The van der Waals surface area contributed by atoms with Gasteiger partial charge < -0.3 is 5.32 Å². The monoisotopic (exact) mass is 383 g/mol. The van der Waals surface area contributed by atoms with Crippen molar-refractivity contribution in [3.8, 4) is 11.3 Å². The van der Waals surface area contributed by atoms with Gasteiger partial charge in [-0.1, -0.05) is 59.8 Å². The number of aromatic nitrogens is 4. The number of hydrogen-bond acceptors (Lipinski definition) is 4. The molecule has 5 rings (SSSR count). The van der Waals surface area contributed by atoms with E-state index in [4.69, 9.17) is 4.98 Å². The second-order valence-electron chi connectivity index (χ2n) is 6.93. The van der Waals surface area contributed by atoms with Gasteiger partial charge in [-0.2, -0.15) is 4.52 Å². The molecule has 1 atom stereocenters. The number of para-hydroxylation sites is 1. The van der Waals surface area contributed by atoms with Crippen LogP contribution in [0, 0.1) is 5.82 Å². The molecule has 2 aromatic heterocycles. The third kappa shape index (κ3) is 3.08. The van der Waals surface area contributed by atoms with Crippen molar-refractivity contribution in [3.63, 3.8) is 0 Å². The van der Waals surface area contributed by atoms with Gasteiger partial charge in [-0.25, -0.2) is 9.37 Å². The van der Waals surface area contributed by atoms with Gasteiger partial charge in [0, 0.05) is 17.0 Å². The van der Waals surface area contributed by atoms with Crippen molar-refractivity contribution in [1.29, 1.82) is 0 Å². The van der Waals surface area contributed by atoms with Crippen LogP contribution in [0.5, 0.6) is 0 Å². The van der Waals surface area contributed by atoms with Crippen LogP contribution in [0.3, 0.4) is 0 Å². The molecule has 1 unspecified atom stereocenters. The van der Waals surface area contributed by atoms with E-state index in [9.17, 15) is 4.39 Å². The first-order chi connectivity index (χ1) is 14.2. The Morgan fingerprint density at radius 1 is 0.897 bits per heavy atom.